The van der Waals surface area contributed by atoms with Crippen molar-refractivity contribution >= 4 is 0 Å². The van der Waals surface area contributed by atoms with E-state index in [0.717, 1.165) is 25.4 Å². The Hall–Kier alpha value is -0.900. The molecule has 0 amide bonds. The van der Waals surface area contributed by atoms with Gasteiger partial charge in [0.1, 0.15) is 12.2 Å². The molecule has 0 atom stereocenters. The third-order valence-corrected chi connectivity index (χ3v) is 2.49. The summed E-state index contributed by atoms with van der Waals surface area (Å²) in [6.07, 6.45) is 7.90. The number of ether oxygens (including phenoxy) is 1. The van der Waals surface area contributed by atoms with Crippen LogP contribution in [0.4, 0.5) is 0 Å². The van der Waals surface area contributed by atoms with E-state index in [9.17, 15) is 0 Å². The Bertz CT molecular complexity index is 260. The average molecular weight is 211 g/mol. The van der Waals surface area contributed by atoms with Gasteiger partial charge in [-0.3, -0.25) is 0 Å². The lowest BCUT2D eigenvalue weighted by Gasteiger charge is -2.05. The lowest BCUT2D eigenvalue weighted by Crippen LogP contribution is -2.07. The fourth-order valence-electron chi connectivity index (χ4n) is 1.56. The average Bonchev–Trinajstić information content (AvgIpc) is 2.69. The molecule has 0 aliphatic heterocycles. The van der Waals surface area contributed by atoms with Crippen LogP contribution in [0.1, 0.15) is 38.4 Å². The Morgan fingerprint density at radius 2 is 2.20 bits per heavy atom. The second kappa shape index (κ2) is 7.40. The van der Waals surface area contributed by atoms with Crippen LogP contribution >= 0.6 is 0 Å². The zero-order chi connectivity index (χ0) is 10.9. The number of nitrogens with zero attached hydrogens (tertiary/aromatic N) is 3. The highest BCUT2D eigenvalue weighted by Crippen LogP contribution is 2.05. The first-order valence-electron chi connectivity index (χ1n) is 5.74. The number of rotatable bonds is 8. The van der Waals surface area contributed by atoms with Gasteiger partial charge in [-0.25, -0.2) is 0 Å². The zero-order valence-electron chi connectivity index (χ0n) is 9.78. The van der Waals surface area contributed by atoms with Crippen molar-refractivity contribution in [3.8, 4) is 0 Å². The summed E-state index contributed by atoms with van der Waals surface area (Å²) in [5, 5.41) is 8.06. The summed E-state index contributed by atoms with van der Waals surface area (Å²) in [7, 11) is 1.71. The van der Waals surface area contributed by atoms with Crippen LogP contribution in [0.3, 0.4) is 0 Å². The lowest BCUT2D eigenvalue weighted by atomic mass is 10.1. The van der Waals surface area contributed by atoms with Crippen molar-refractivity contribution in [1.82, 2.24) is 14.8 Å². The molecule has 0 unspecified atom stereocenters. The van der Waals surface area contributed by atoms with Crippen LogP contribution in [0.5, 0.6) is 0 Å². The number of hydrogen-bond donors (Lipinski definition) is 0. The summed E-state index contributed by atoms with van der Waals surface area (Å²) >= 11 is 0. The van der Waals surface area contributed by atoms with Gasteiger partial charge >= 0.3 is 0 Å². The minimum Gasteiger partial charge on any atom is -0.383 e. The minimum absolute atomic E-state index is 0.722. The van der Waals surface area contributed by atoms with E-state index >= 15 is 0 Å². The molecule has 0 fully saturated rings. The highest BCUT2D eigenvalue weighted by atomic mass is 16.5. The van der Waals surface area contributed by atoms with Crippen molar-refractivity contribution in [2.24, 2.45) is 0 Å². The van der Waals surface area contributed by atoms with E-state index in [1.165, 1.54) is 25.7 Å². The molecule has 1 aromatic heterocycles. The Kier molecular flexibility index (Phi) is 6.00. The van der Waals surface area contributed by atoms with Gasteiger partial charge in [0.15, 0.2) is 0 Å². The number of hydrogen-bond acceptors (Lipinski definition) is 3. The van der Waals surface area contributed by atoms with E-state index in [2.05, 4.69) is 21.7 Å². The SMILES string of the molecule is CCCCCCc1nncn1CCOC. The molecule has 0 saturated heterocycles. The van der Waals surface area contributed by atoms with E-state index < -0.39 is 0 Å². The van der Waals surface area contributed by atoms with Crippen LogP contribution in [0.2, 0.25) is 0 Å². The summed E-state index contributed by atoms with van der Waals surface area (Å²) in [4.78, 5) is 0. The fourth-order valence-corrected chi connectivity index (χ4v) is 1.56. The molecule has 1 rings (SSSR count). The summed E-state index contributed by atoms with van der Waals surface area (Å²) < 4.78 is 7.12. The van der Waals surface area contributed by atoms with E-state index in [4.69, 9.17) is 4.74 Å². The summed E-state index contributed by atoms with van der Waals surface area (Å²) in [5.74, 6) is 1.09. The van der Waals surface area contributed by atoms with Crippen LogP contribution in [0, 0.1) is 0 Å². The Balaban J connectivity index is 2.29. The molecule has 1 heterocycles. The smallest absolute Gasteiger partial charge is 0.132 e. The van der Waals surface area contributed by atoms with Gasteiger partial charge in [-0.2, -0.15) is 0 Å². The van der Waals surface area contributed by atoms with Crippen molar-refractivity contribution in [3.63, 3.8) is 0 Å². The predicted octanol–water partition coefficient (Wildman–Crippen LogP) is 2.05. The normalized spacial score (nSPS) is 10.8. The maximum Gasteiger partial charge on any atom is 0.132 e. The molecule has 1 aromatic rings. The van der Waals surface area contributed by atoms with Gasteiger partial charge in [-0.05, 0) is 6.42 Å². The molecule has 0 spiro atoms. The molecule has 0 aliphatic carbocycles. The molecule has 86 valence electrons. The quantitative estimate of drug-likeness (QED) is 0.618. The van der Waals surface area contributed by atoms with Crippen molar-refractivity contribution in [2.75, 3.05) is 13.7 Å². The predicted molar refractivity (Wildman–Crippen MR) is 59.7 cm³/mol. The molecule has 0 radical (unpaired) electrons. The molecule has 0 N–H and O–H groups in total. The largest absolute Gasteiger partial charge is 0.383 e. The Morgan fingerprint density at radius 3 is 2.93 bits per heavy atom. The molecule has 0 aliphatic rings. The zero-order valence-corrected chi connectivity index (χ0v) is 9.78. The number of aryl methyl sites for hydroxylation is 1. The van der Waals surface area contributed by atoms with Gasteiger partial charge in [0.25, 0.3) is 0 Å². The van der Waals surface area contributed by atoms with Crippen LogP contribution < -0.4 is 0 Å². The highest BCUT2D eigenvalue weighted by molar-refractivity contribution is 4.85. The summed E-state index contributed by atoms with van der Waals surface area (Å²) in [5.41, 5.74) is 0. The number of methoxy groups -OCH3 is 1. The first-order chi connectivity index (χ1) is 7.38. The van der Waals surface area contributed by atoms with Gasteiger partial charge in [0.2, 0.25) is 0 Å². The lowest BCUT2D eigenvalue weighted by molar-refractivity contribution is 0.186. The third kappa shape index (κ3) is 4.42. The monoisotopic (exact) mass is 211 g/mol. The van der Waals surface area contributed by atoms with Crippen LogP contribution in [0.15, 0.2) is 6.33 Å². The van der Waals surface area contributed by atoms with Crippen molar-refractivity contribution < 1.29 is 4.74 Å². The van der Waals surface area contributed by atoms with Gasteiger partial charge < -0.3 is 9.30 Å². The third-order valence-electron chi connectivity index (χ3n) is 2.49. The van der Waals surface area contributed by atoms with E-state index in [1.807, 2.05) is 0 Å². The standard InChI is InChI=1S/C11H21N3O/c1-3-4-5-6-7-11-13-12-10-14(11)8-9-15-2/h10H,3-9H2,1-2H3. The summed E-state index contributed by atoms with van der Waals surface area (Å²) in [6.45, 7) is 3.80. The Labute approximate surface area is 91.7 Å². The van der Waals surface area contributed by atoms with Crippen molar-refractivity contribution in [1.29, 1.82) is 0 Å². The van der Waals surface area contributed by atoms with Gasteiger partial charge in [0.05, 0.1) is 6.61 Å². The maximum atomic E-state index is 5.04. The molecular weight excluding hydrogens is 190 g/mol. The minimum atomic E-state index is 0.722. The fraction of sp³-hybridized carbons (Fsp3) is 0.818. The van der Waals surface area contributed by atoms with Crippen LogP contribution in [0.25, 0.3) is 0 Å². The van der Waals surface area contributed by atoms with E-state index in [0.29, 0.717) is 0 Å². The summed E-state index contributed by atoms with van der Waals surface area (Å²) in [6, 6.07) is 0. The first-order valence-corrected chi connectivity index (χ1v) is 5.74. The molecule has 0 aromatic carbocycles. The maximum absolute atomic E-state index is 5.04. The van der Waals surface area contributed by atoms with Gasteiger partial charge in [0, 0.05) is 20.1 Å². The first kappa shape index (κ1) is 12.2. The molecular formula is C11H21N3O. The second-order valence-electron chi connectivity index (χ2n) is 3.74. The van der Waals surface area contributed by atoms with Crippen LogP contribution in [-0.4, -0.2) is 28.5 Å². The van der Waals surface area contributed by atoms with E-state index in [-0.39, 0.29) is 0 Å². The van der Waals surface area contributed by atoms with Crippen LogP contribution in [-0.2, 0) is 17.7 Å². The van der Waals surface area contributed by atoms with Gasteiger partial charge in [-0.1, -0.05) is 26.2 Å². The topological polar surface area (TPSA) is 39.9 Å². The highest BCUT2D eigenvalue weighted by Gasteiger charge is 2.02. The number of unbranched alkanes of at least 4 members (excludes halogenated alkanes) is 3. The Morgan fingerprint density at radius 1 is 1.33 bits per heavy atom. The van der Waals surface area contributed by atoms with E-state index in [1.54, 1.807) is 13.4 Å². The second-order valence-corrected chi connectivity index (χ2v) is 3.74. The molecule has 4 nitrogen and oxygen atoms in total. The molecule has 0 saturated carbocycles. The van der Waals surface area contributed by atoms with Gasteiger partial charge in [-0.15, -0.1) is 10.2 Å². The molecule has 4 heteroatoms. The van der Waals surface area contributed by atoms with Crippen molar-refractivity contribution in [3.05, 3.63) is 12.2 Å². The van der Waals surface area contributed by atoms with Crippen molar-refractivity contribution in [2.45, 2.75) is 45.6 Å². The molecule has 15 heavy (non-hydrogen) atoms. The number of aromatic nitrogens is 3. The molecule has 0 bridgehead atoms.